The Morgan fingerprint density at radius 1 is 1.00 bits per heavy atom. The van der Waals surface area contributed by atoms with Gasteiger partial charge in [-0.05, 0) is 39.0 Å². The molecule has 0 spiro atoms. The highest BCUT2D eigenvalue weighted by Crippen LogP contribution is 2.14. The summed E-state index contributed by atoms with van der Waals surface area (Å²) in [6.45, 7) is 5.46. The van der Waals surface area contributed by atoms with E-state index in [2.05, 4.69) is 15.4 Å². The van der Waals surface area contributed by atoms with E-state index in [1.165, 1.54) is 17.4 Å². The Morgan fingerprint density at radius 3 is 2.14 bits per heavy atom. The zero-order valence-electron chi connectivity index (χ0n) is 12.8. The number of benzene rings is 1. The van der Waals surface area contributed by atoms with Gasteiger partial charge in [-0.2, -0.15) is 0 Å². The van der Waals surface area contributed by atoms with E-state index in [9.17, 15) is 9.59 Å². The number of carbonyl (C=O) groups is 2. The van der Waals surface area contributed by atoms with Crippen LogP contribution in [-0.4, -0.2) is 32.3 Å². The number of hydrazine groups is 1. The van der Waals surface area contributed by atoms with Gasteiger partial charge in [-0.1, -0.05) is 18.2 Å². The molecule has 0 aliphatic rings. The maximum Gasteiger partial charge on any atom is 0.310 e. The molecule has 0 unspecified atom stereocenters. The van der Waals surface area contributed by atoms with E-state index >= 15 is 0 Å². The molecule has 2 aromatic rings. The molecule has 0 aliphatic heterocycles. The predicted molar refractivity (Wildman–Crippen MR) is 81.9 cm³/mol. The van der Waals surface area contributed by atoms with Gasteiger partial charge in [0.05, 0.1) is 5.54 Å². The van der Waals surface area contributed by atoms with Gasteiger partial charge < -0.3 is 0 Å². The van der Waals surface area contributed by atoms with Gasteiger partial charge in [-0.25, -0.2) is 15.0 Å². The number of nitrogens with zero attached hydrogens (tertiary/aromatic N) is 3. The quantitative estimate of drug-likeness (QED) is 0.861. The first-order chi connectivity index (χ1) is 10.4. The van der Waals surface area contributed by atoms with E-state index in [0.717, 1.165) is 0 Å². The molecule has 0 bridgehead atoms. The minimum atomic E-state index is -0.624. The summed E-state index contributed by atoms with van der Waals surface area (Å²) in [7, 11) is 0. The molecule has 22 heavy (non-hydrogen) atoms. The van der Waals surface area contributed by atoms with Crippen LogP contribution in [0.4, 0.5) is 0 Å². The molecule has 1 N–H and O–H groups in total. The average molecular weight is 298 g/mol. The molecule has 0 atom stereocenters. The van der Waals surface area contributed by atoms with Crippen molar-refractivity contribution in [1.82, 2.24) is 20.4 Å². The maximum atomic E-state index is 12.5. The predicted octanol–water partition coefficient (Wildman–Crippen LogP) is 2.06. The highest BCUT2D eigenvalue weighted by Gasteiger charge is 2.31. The molecule has 0 saturated carbocycles. The fourth-order valence-electron chi connectivity index (χ4n) is 1.79. The largest absolute Gasteiger partial charge is 0.310 e. The summed E-state index contributed by atoms with van der Waals surface area (Å²) in [6.07, 6.45) is 2.97. The van der Waals surface area contributed by atoms with Gasteiger partial charge >= 0.3 is 5.91 Å². The number of hydrogen-bond donors (Lipinski definition) is 1. The Balaban J connectivity index is 2.25. The zero-order chi connectivity index (χ0) is 16.2. The van der Waals surface area contributed by atoms with Crippen LogP contribution in [0.2, 0.25) is 0 Å². The molecule has 1 aromatic carbocycles. The van der Waals surface area contributed by atoms with Crippen molar-refractivity contribution < 1.29 is 9.59 Å². The normalized spacial score (nSPS) is 10.9. The van der Waals surface area contributed by atoms with Crippen LogP contribution in [0.15, 0.2) is 48.8 Å². The summed E-state index contributed by atoms with van der Waals surface area (Å²) in [5, 5.41) is 1.25. The lowest BCUT2D eigenvalue weighted by molar-refractivity contribution is 0.0348. The molecule has 0 saturated heterocycles. The SMILES string of the molecule is CC(C)(C)N(NC(=O)c1ccccc1)C(=O)c1ncccn1. The second kappa shape index (κ2) is 6.34. The number of carbonyl (C=O) groups excluding carboxylic acids is 2. The minimum Gasteiger partial charge on any atom is -0.267 e. The Morgan fingerprint density at radius 2 is 1.59 bits per heavy atom. The maximum absolute atomic E-state index is 12.5. The van der Waals surface area contributed by atoms with Crippen molar-refractivity contribution in [2.24, 2.45) is 0 Å². The van der Waals surface area contributed by atoms with Crippen molar-refractivity contribution in [1.29, 1.82) is 0 Å². The minimum absolute atomic E-state index is 0.0331. The van der Waals surface area contributed by atoms with E-state index in [4.69, 9.17) is 0 Å². The first-order valence-corrected chi connectivity index (χ1v) is 6.87. The first kappa shape index (κ1) is 15.6. The summed E-state index contributed by atoms with van der Waals surface area (Å²) in [6, 6.07) is 10.3. The van der Waals surface area contributed by atoms with Crippen LogP contribution in [0.5, 0.6) is 0 Å². The molecular weight excluding hydrogens is 280 g/mol. The van der Waals surface area contributed by atoms with Crippen LogP contribution in [-0.2, 0) is 0 Å². The molecule has 6 heteroatoms. The van der Waals surface area contributed by atoms with Crippen LogP contribution in [0.1, 0.15) is 41.7 Å². The van der Waals surface area contributed by atoms with E-state index in [1.54, 1.807) is 30.3 Å². The highest BCUT2D eigenvalue weighted by atomic mass is 16.2. The Labute approximate surface area is 129 Å². The third-order valence-electron chi connectivity index (χ3n) is 2.88. The van der Waals surface area contributed by atoms with Crippen LogP contribution >= 0.6 is 0 Å². The second-order valence-corrected chi connectivity index (χ2v) is 5.69. The van der Waals surface area contributed by atoms with Gasteiger partial charge in [0.25, 0.3) is 5.91 Å². The first-order valence-electron chi connectivity index (χ1n) is 6.87. The molecule has 0 radical (unpaired) electrons. The molecule has 2 rings (SSSR count). The van der Waals surface area contributed by atoms with Crippen molar-refractivity contribution in [3.8, 4) is 0 Å². The highest BCUT2D eigenvalue weighted by molar-refractivity contribution is 5.97. The van der Waals surface area contributed by atoms with E-state index in [1.807, 2.05) is 26.8 Å². The number of aromatic nitrogens is 2. The number of rotatable bonds is 2. The summed E-state index contributed by atoms with van der Waals surface area (Å²) < 4.78 is 0. The van der Waals surface area contributed by atoms with Gasteiger partial charge in [-0.15, -0.1) is 0 Å². The zero-order valence-corrected chi connectivity index (χ0v) is 12.8. The average Bonchev–Trinajstić information content (AvgIpc) is 2.52. The smallest absolute Gasteiger partial charge is 0.267 e. The van der Waals surface area contributed by atoms with Gasteiger partial charge in [-0.3, -0.25) is 15.0 Å². The molecule has 6 nitrogen and oxygen atoms in total. The summed E-state index contributed by atoms with van der Waals surface area (Å²) in [5.74, 6) is -0.789. The lowest BCUT2D eigenvalue weighted by Gasteiger charge is -2.34. The molecule has 0 aliphatic carbocycles. The van der Waals surface area contributed by atoms with Crippen molar-refractivity contribution in [3.63, 3.8) is 0 Å². The van der Waals surface area contributed by atoms with Gasteiger partial charge in [0, 0.05) is 18.0 Å². The summed E-state index contributed by atoms with van der Waals surface area (Å²) >= 11 is 0. The lowest BCUT2D eigenvalue weighted by atomic mass is 10.1. The van der Waals surface area contributed by atoms with E-state index in [-0.39, 0.29) is 11.7 Å². The lowest BCUT2D eigenvalue weighted by Crippen LogP contribution is -2.56. The topological polar surface area (TPSA) is 75.2 Å². The Bertz CT molecular complexity index is 651. The van der Waals surface area contributed by atoms with Crippen LogP contribution in [0.25, 0.3) is 0 Å². The van der Waals surface area contributed by atoms with Gasteiger partial charge in [0.15, 0.2) is 0 Å². The summed E-state index contributed by atoms with van der Waals surface area (Å²) in [5.41, 5.74) is 2.48. The Kier molecular flexibility index (Phi) is 4.50. The fourth-order valence-corrected chi connectivity index (χ4v) is 1.79. The van der Waals surface area contributed by atoms with Crippen LogP contribution < -0.4 is 5.43 Å². The van der Waals surface area contributed by atoms with Crippen molar-refractivity contribution >= 4 is 11.8 Å². The van der Waals surface area contributed by atoms with Crippen molar-refractivity contribution in [2.75, 3.05) is 0 Å². The van der Waals surface area contributed by atoms with E-state index < -0.39 is 11.4 Å². The summed E-state index contributed by atoms with van der Waals surface area (Å²) in [4.78, 5) is 32.7. The van der Waals surface area contributed by atoms with Crippen molar-refractivity contribution in [3.05, 3.63) is 60.2 Å². The Hall–Kier alpha value is -2.76. The number of amides is 2. The molecule has 2 amide bonds. The second-order valence-electron chi connectivity index (χ2n) is 5.69. The number of nitrogens with one attached hydrogen (secondary N) is 1. The molecule has 114 valence electrons. The monoisotopic (exact) mass is 298 g/mol. The molecule has 1 aromatic heterocycles. The van der Waals surface area contributed by atoms with Gasteiger partial charge in [0.2, 0.25) is 5.82 Å². The van der Waals surface area contributed by atoms with Gasteiger partial charge in [0.1, 0.15) is 0 Å². The molecule has 0 fully saturated rings. The molecular formula is C16H18N4O2. The fraction of sp³-hybridized carbons (Fsp3) is 0.250. The molecule has 1 heterocycles. The van der Waals surface area contributed by atoms with E-state index in [0.29, 0.717) is 5.56 Å². The third kappa shape index (κ3) is 3.66. The van der Waals surface area contributed by atoms with Crippen LogP contribution in [0.3, 0.4) is 0 Å². The third-order valence-corrected chi connectivity index (χ3v) is 2.88. The van der Waals surface area contributed by atoms with Crippen LogP contribution in [0, 0.1) is 0 Å². The number of hydrogen-bond acceptors (Lipinski definition) is 4. The standard InChI is InChI=1S/C16H18N4O2/c1-16(2,3)20(15(22)13-17-10-7-11-18-13)19-14(21)12-8-5-4-6-9-12/h4-11H,1-3H3,(H,19,21). The van der Waals surface area contributed by atoms with Crippen molar-refractivity contribution in [2.45, 2.75) is 26.3 Å².